The highest BCUT2D eigenvalue weighted by Gasteiger charge is 1.98. The maximum absolute atomic E-state index is 8.85. The second-order valence-corrected chi connectivity index (χ2v) is 24.7. The quantitative estimate of drug-likeness (QED) is 0.0408. The van der Waals surface area contributed by atoms with Crippen molar-refractivity contribution in [2.24, 2.45) is 40.9 Å². The zero-order chi connectivity index (χ0) is 73.8. The molecule has 0 atom stereocenters. The number of phenolic OH excluding ortho intramolecular Hbond substituents is 1. The molecule has 0 bridgehead atoms. The molecule has 0 saturated carbocycles. The maximum atomic E-state index is 8.85. The van der Waals surface area contributed by atoms with Crippen LogP contribution >= 0.6 is 11.8 Å². The van der Waals surface area contributed by atoms with Crippen molar-refractivity contribution in [3.63, 3.8) is 0 Å². The lowest BCUT2D eigenvalue weighted by atomic mass is 10.1. The summed E-state index contributed by atoms with van der Waals surface area (Å²) >= 11 is 1.90. The standard InChI is InChI=1S/C10H11N.C8H10O.C8H10.C6H14N2.C6H14.C5H8N2.C5H11N.2C5H12.C4H9N.C4H10S.3C4H10.C3H8.C2H6/c1-2-8-7-11-10-6-4-3-5-9(8)10;1-2-7-3-5-8(9)6-4-7;1-2-8-6-4-3-5-7-8;1-3-4-5-8-6(2)7;1-3-5-6-4-2;1-2-5-3-6-4-7-5;1-3-4-5(2)6;2*1-4-5(2)3;1-3-4(2)5;1-3-4-5-2;2*1-4(2)3;1-3-4-2;1-3-2;1-2/h3-7,11H,2H2,1H3;3-6,9H,2H2,1H3;3-7H,2H2,1H3;8H,2-5,7H2,1H3;3-6H2,1-2H3;3-4H,2H2,1H3,(H,6,7);2-4,6H2,1H3;2*5H,4H2,1-3H3;2-3,5H2,1H3;3-4H2,1-2H3;2*4H,1-3H3;3-4H2,1-2H3;3H2,1-2H3;1-2H3/p+1. The molecule has 0 aliphatic rings. The maximum Gasteiger partial charge on any atom is 0.239 e. The first-order valence-electron chi connectivity index (χ1n) is 36.5. The predicted octanol–water partition coefficient (Wildman–Crippen LogP) is 26.3. The van der Waals surface area contributed by atoms with E-state index in [2.05, 4.69) is 274 Å². The van der Waals surface area contributed by atoms with E-state index >= 15 is 0 Å². The molecule has 2 heterocycles. The van der Waals surface area contributed by atoms with Crippen LogP contribution in [0.3, 0.4) is 0 Å². The van der Waals surface area contributed by atoms with Gasteiger partial charge >= 0.3 is 0 Å². The van der Waals surface area contributed by atoms with Crippen molar-refractivity contribution in [1.29, 1.82) is 0 Å². The third kappa shape index (κ3) is 130. The minimum absolute atomic E-state index is 0.340. The van der Waals surface area contributed by atoms with Gasteiger partial charge in [-0.1, -0.05) is 345 Å². The molecule has 3 aromatic carbocycles. The molecule has 5 rings (SSSR count). The summed E-state index contributed by atoms with van der Waals surface area (Å²) in [4.78, 5) is 9.20. The van der Waals surface area contributed by atoms with Gasteiger partial charge in [-0.2, -0.15) is 11.8 Å². The molecule has 0 spiro atoms. The van der Waals surface area contributed by atoms with Crippen LogP contribution in [0.1, 0.15) is 313 Å². The highest BCUT2D eigenvalue weighted by Crippen LogP contribution is 2.17. The number of unbranched alkanes of at least 4 members (excludes halogenated alkanes) is 5. The number of phenols is 1. The molecule has 0 saturated heterocycles. The number of aromatic amines is 3. The second kappa shape index (κ2) is 99.5. The van der Waals surface area contributed by atoms with Gasteiger partial charge < -0.3 is 32.6 Å². The van der Waals surface area contributed by atoms with Gasteiger partial charge in [0.2, 0.25) is 6.33 Å². The summed E-state index contributed by atoms with van der Waals surface area (Å²) in [5.74, 6) is 5.65. The van der Waals surface area contributed by atoms with E-state index < -0.39 is 0 Å². The Morgan fingerprint density at radius 3 is 1.16 bits per heavy atom. The lowest BCUT2D eigenvalue weighted by Crippen LogP contribution is -2.19. The number of aromatic hydroxyl groups is 1. The fourth-order valence-corrected chi connectivity index (χ4v) is 5.25. The normalized spacial score (nSPS) is 8.84. The first-order valence-corrected chi connectivity index (χ1v) is 37.9. The van der Waals surface area contributed by atoms with Gasteiger partial charge in [-0.05, 0) is 116 Å². The summed E-state index contributed by atoms with van der Waals surface area (Å²) in [7, 11) is 0. The number of rotatable bonds is 19. The van der Waals surface area contributed by atoms with Crippen molar-refractivity contribution in [2.45, 2.75) is 316 Å². The van der Waals surface area contributed by atoms with Gasteiger partial charge in [0.05, 0.1) is 5.82 Å². The topological polar surface area (TPSA) is 156 Å². The largest absolute Gasteiger partial charge is 0.508 e. The van der Waals surface area contributed by atoms with Crippen LogP contribution in [0.2, 0.25) is 0 Å². The first-order chi connectivity index (χ1) is 43.6. The number of hydrogen-bond donors (Lipinski definition) is 7. The van der Waals surface area contributed by atoms with Gasteiger partial charge in [-0.3, -0.25) is 4.98 Å². The van der Waals surface area contributed by atoms with E-state index in [1.165, 1.54) is 110 Å². The Bertz CT molecular complexity index is 1980. The number of hydrogen-bond acceptors (Lipinski definition) is 6. The van der Waals surface area contributed by atoms with Crippen molar-refractivity contribution in [2.75, 3.05) is 18.6 Å². The number of H-pyrrole nitrogens is 3. The fourth-order valence-electron chi connectivity index (χ4n) is 4.84. The van der Waals surface area contributed by atoms with Crippen molar-refractivity contribution >= 4 is 22.7 Å². The Labute approximate surface area is 582 Å². The molecule has 0 unspecified atom stereocenters. The molecule has 8 nitrogen and oxygen atoms in total. The molecule has 0 fully saturated rings. The summed E-state index contributed by atoms with van der Waals surface area (Å²) in [6, 6.07) is 26.1. The summed E-state index contributed by atoms with van der Waals surface area (Å²) in [6.07, 6.45) is 31.0. The number of aryl methyl sites for hydroxylation is 4. The molecular weight excluding hydrogens is 1140 g/mol. The molecule has 0 aliphatic heterocycles. The van der Waals surface area contributed by atoms with Crippen LogP contribution < -0.4 is 27.5 Å². The van der Waals surface area contributed by atoms with Crippen molar-refractivity contribution in [1.82, 2.24) is 15.3 Å². The van der Waals surface area contributed by atoms with Crippen LogP contribution in [0, 0.1) is 23.7 Å². The highest BCUT2D eigenvalue weighted by molar-refractivity contribution is 7.98. The monoisotopic (exact) mass is 1310 g/mol. The van der Waals surface area contributed by atoms with E-state index in [9.17, 15) is 0 Å². The number of imidazole rings is 1. The van der Waals surface area contributed by atoms with Crippen molar-refractivity contribution in [3.05, 3.63) is 157 Å². The van der Waals surface area contributed by atoms with E-state index in [-0.39, 0.29) is 0 Å². The van der Waals surface area contributed by atoms with Gasteiger partial charge in [-0.15, -0.1) is 0 Å². The van der Waals surface area contributed by atoms with Crippen LogP contribution in [0.15, 0.2) is 135 Å². The van der Waals surface area contributed by atoms with Gasteiger partial charge in [0, 0.05) is 41.5 Å². The van der Waals surface area contributed by atoms with Gasteiger partial charge in [0.1, 0.15) is 17.6 Å². The van der Waals surface area contributed by atoms with Gasteiger partial charge in [-0.25, -0.2) is 4.98 Å². The molecule has 0 aliphatic carbocycles. The number of thioether (sulfide) groups is 1. The Balaban J connectivity index is -0.0000000858. The fraction of sp³-hybridized carbons (Fsp3) is 0.651. The number of fused-ring (bicyclic) bond motifs is 1. The number of nitrogens with one attached hydrogen (secondary N) is 4. The van der Waals surface area contributed by atoms with E-state index in [0.717, 1.165) is 93.0 Å². The molecular formula is C83H166N7OS+. The van der Waals surface area contributed by atoms with E-state index in [1.54, 1.807) is 12.1 Å². The Morgan fingerprint density at radius 2 is 0.924 bits per heavy atom. The molecule has 5 aromatic rings. The average Bonchev–Trinajstić information content (AvgIpc) is 1.75. The zero-order valence-corrected chi connectivity index (χ0v) is 67.9. The number of benzene rings is 3. The minimum atomic E-state index is 0.340. The number of aromatic nitrogens is 3. The Hall–Kier alpha value is -5.02. The third-order valence-corrected chi connectivity index (χ3v) is 11.9. The molecule has 0 amide bonds. The first kappa shape index (κ1) is 111. The van der Waals surface area contributed by atoms with Crippen LogP contribution in [0.4, 0.5) is 0 Å². The van der Waals surface area contributed by atoms with Crippen molar-refractivity contribution < 1.29 is 10.1 Å². The lowest BCUT2D eigenvalue weighted by molar-refractivity contribution is -0.376. The smallest absolute Gasteiger partial charge is 0.239 e. The third-order valence-electron chi connectivity index (χ3n) is 11.0. The molecule has 2 aromatic heterocycles. The van der Waals surface area contributed by atoms with E-state index in [0.29, 0.717) is 11.6 Å². The molecule has 92 heavy (non-hydrogen) atoms. The summed E-state index contributed by atoms with van der Waals surface area (Å²) in [5.41, 5.74) is 23.6. The van der Waals surface area contributed by atoms with Crippen LogP contribution in [-0.4, -0.2) is 33.6 Å². The van der Waals surface area contributed by atoms with Crippen molar-refractivity contribution in [3.8, 4) is 5.75 Å². The SMILES string of the molecule is C=C(N)CC.C=C(N)CCC.C=C(N)NCCCC.CC.CC(C)C.CC(C)C.CCC.CCC(C)C.CCC(C)C.CCCC.CCCCCC.CCCSC.CCc1c[nH+]c[nH]1.CCc1c[nH]c2ccccc12.CCc1ccc(O)cc1.CCc1ccccc1. The lowest BCUT2D eigenvalue weighted by Gasteiger charge is -2.00. The summed E-state index contributed by atoms with van der Waals surface area (Å²) < 4.78 is 0. The molecule has 11 N–H and O–H groups in total. The molecule has 0 radical (unpaired) electrons. The van der Waals surface area contributed by atoms with Gasteiger partial charge in [0.15, 0.2) is 0 Å². The Morgan fingerprint density at radius 1 is 0.522 bits per heavy atom. The van der Waals surface area contributed by atoms with Gasteiger partial charge in [0.25, 0.3) is 0 Å². The summed E-state index contributed by atoms with van der Waals surface area (Å²) in [6.45, 7) is 71.7. The predicted molar refractivity (Wildman–Crippen MR) is 433 cm³/mol. The molecule has 9 heteroatoms. The zero-order valence-electron chi connectivity index (χ0n) is 67.1. The number of allylic oxidation sites excluding steroid dienone is 2. The Kier molecular flexibility index (Phi) is 121. The second-order valence-electron chi connectivity index (χ2n) is 23.8. The number of para-hydroxylation sites is 1. The summed E-state index contributed by atoms with van der Waals surface area (Å²) in [5, 5.41) is 13.1. The van der Waals surface area contributed by atoms with Crippen LogP contribution in [-0.2, 0) is 25.7 Å². The highest BCUT2D eigenvalue weighted by atomic mass is 32.2. The molecule has 544 valence electrons. The van der Waals surface area contributed by atoms with Crippen LogP contribution in [0.5, 0.6) is 5.75 Å². The average molecular weight is 1310 g/mol. The number of nitrogens with two attached hydrogens (primary N) is 3. The van der Waals surface area contributed by atoms with Crippen LogP contribution in [0.25, 0.3) is 10.9 Å². The minimum Gasteiger partial charge on any atom is -0.508 e. The van der Waals surface area contributed by atoms with E-state index in [4.69, 9.17) is 22.3 Å². The van der Waals surface area contributed by atoms with E-state index in [1.807, 2.05) is 63.3 Å².